The topological polar surface area (TPSA) is 47.7 Å². The summed E-state index contributed by atoms with van der Waals surface area (Å²) in [6.45, 7) is 5.23. The highest BCUT2D eigenvalue weighted by Crippen LogP contribution is 2.14. The Labute approximate surface area is 72.6 Å². The molecule has 0 bridgehead atoms. The second kappa shape index (κ2) is 3.70. The van der Waals surface area contributed by atoms with Gasteiger partial charge in [0.2, 0.25) is 0 Å². The van der Waals surface area contributed by atoms with E-state index in [9.17, 15) is 0 Å². The average molecular weight is 172 g/mol. The van der Waals surface area contributed by atoms with E-state index >= 15 is 0 Å². The molecule has 2 aliphatic rings. The van der Waals surface area contributed by atoms with Gasteiger partial charge in [-0.15, -0.1) is 0 Å². The van der Waals surface area contributed by atoms with E-state index < -0.39 is 0 Å². The molecule has 1 atom stereocenters. The fourth-order valence-corrected chi connectivity index (χ4v) is 1.65. The maximum Gasteiger partial charge on any atom is 0.0824 e. The van der Waals surface area contributed by atoms with Crippen molar-refractivity contribution in [3.05, 3.63) is 0 Å². The number of hydrogen-bond donors (Lipinski definition) is 1. The van der Waals surface area contributed by atoms with Gasteiger partial charge in [0, 0.05) is 19.6 Å². The highest BCUT2D eigenvalue weighted by atomic mass is 16.5. The lowest BCUT2D eigenvalue weighted by Crippen LogP contribution is -2.56. The third-order valence-electron chi connectivity index (χ3n) is 2.57. The van der Waals surface area contributed by atoms with Crippen LogP contribution in [0.4, 0.5) is 0 Å². The molecule has 0 saturated carbocycles. The molecule has 2 rings (SSSR count). The number of nitrogens with zero attached hydrogens (tertiary/aromatic N) is 1. The molecule has 0 aromatic heterocycles. The van der Waals surface area contributed by atoms with Gasteiger partial charge in [-0.25, -0.2) is 0 Å². The quantitative estimate of drug-likeness (QED) is 0.583. The number of ether oxygens (including phenoxy) is 2. The van der Waals surface area contributed by atoms with Crippen molar-refractivity contribution in [2.75, 3.05) is 39.5 Å². The average Bonchev–Trinajstić information content (AvgIpc) is 2.02. The molecular formula is C8H16N2O2. The summed E-state index contributed by atoms with van der Waals surface area (Å²) in [7, 11) is 0. The van der Waals surface area contributed by atoms with Gasteiger partial charge in [0.15, 0.2) is 0 Å². The lowest BCUT2D eigenvalue weighted by atomic mass is 10.1. The second-order valence-corrected chi connectivity index (χ2v) is 3.41. The fourth-order valence-electron chi connectivity index (χ4n) is 1.65. The smallest absolute Gasteiger partial charge is 0.0824 e. The molecule has 4 heteroatoms. The van der Waals surface area contributed by atoms with Gasteiger partial charge in [0.05, 0.1) is 32.0 Å². The molecule has 0 spiro atoms. The summed E-state index contributed by atoms with van der Waals surface area (Å²) in [5, 5.41) is 0. The van der Waals surface area contributed by atoms with Crippen molar-refractivity contribution >= 4 is 0 Å². The molecule has 0 aromatic rings. The largest absolute Gasteiger partial charge is 0.378 e. The van der Waals surface area contributed by atoms with E-state index in [0.717, 1.165) is 32.9 Å². The first-order valence-corrected chi connectivity index (χ1v) is 4.53. The summed E-state index contributed by atoms with van der Waals surface area (Å²) in [5.41, 5.74) is 5.54. The lowest BCUT2D eigenvalue weighted by Gasteiger charge is -2.41. The van der Waals surface area contributed by atoms with Crippen molar-refractivity contribution in [3.63, 3.8) is 0 Å². The van der Waals surface area contributed by atoms with E-state index in [1.807, 2.05) is 0 Å². The van der Waals surface area contributed by atoms with Crippen molar-refractivity contribution in [2.24, 2.45) is 5.73 Å². The van der Waals surface area contributed by atoms with Crippen molar-refractivity contribution in [1.29, 1.82) is 0 Å². The van der Waals surface area contributed by atoms with Crippen LogP contribution >= 0.6 is 0 Å². The molecule has 2 heterocycles. The van der Waals surface area contributed by atoms with E-state index in [4.69, 9.17) is 15.2 Å². The molecule has 2 aliphatic heterocycles. The van der Waals surface area contributed by atoms with Crippen LogP contribution in [0, 0.1) is 0 Å². The molecular weight excluding hydrogens is 156 g/mol. The molecule has 2 fully saturated rings. The monoisotopic (exact) mass is 172 g/mol. The Morgan fingerprint density at radius 3 is 2.83 bits per heavy atom. The van der Waals surface area contributed by atoms with Crippen molar-refractivity contribution in [2.45, 2.75) is 12.1 Å². The minimum Gasteiger partial charge on any atom is -0.378 e. The van der Waals surface area contributed by atoms with Gasteiger partial charge in [0.25, 0.3) is 0 Å². The second-order valence-electron chi connectivity index (χ2n) is 3.41. The summed E-state index contributed by atoms with van der Waals surface area (Å²) in [6, 6.07) is 0.628. The normalized spacial score (nSPS) is 33.2. The zero-order valence-corrected chi connectivity index (χ0v) is 7.24. The van der Waals surface area contributed by atoms with E-state index in [1.54, 1.807) is 0 Å². The molecule has 0 aromatic carbocycles. The first-order chi connectivity index (χ1) is 5.90. The molecule has 12 heavy (non-hydrogen) atoms. The summed E-state index contributed by atoms with van der Waals surface area (Å²) >= 11 is 0. The van der Waals surface area contributed by atoms with Crippen LogP contribution < -0.4 is 5.73 Å². The summed E-state index contributed by atoms with van der Waals surface area (Å²) in [5.74, 6) is 0. The van der Waals surface area contributed by atoms with Crippen LogP contribution in [-0.4, -0.2) is 56.5 Å². The van der Waals surface area contributed by atoms with Gasteiger partial charge < -0.3 is 15.2 Å². The Bertz CT molecular complexity index is 150. The number of rotatable bonds is 2. The van der Waals surface area contributed by atoms with Crippen LogP contribution in [0.1, 0.15) is 0 Å². The zero-order valence-electron chi connectivity index (χ0n) is 7.24. The van der Waals surface area contributed by atoms with E-state index in [1.165, 1.54) is 0 Å². The molecule has 2 saturated heterocycles. The van der Waals surface area contributed by atoms with Gasteiger partial charge in [-0.05, 0) is 0 Å². The lowest BCUT2D eigenvalue weighted by molar-refractivity contribution is -0.111. The maximum absolute atomic E-state index is 5.54. The Morgan fingerprint density at radius 1 is 1.42 bits per heavy atom. The minimum atomic E-state index is 0.236. The molecule has 70 valence electrons. The van der Waals surface area contributed by atoms with Gasteiger partial charge in [-0.2, -0.15) is 0 Å². The van der Waals surface area contributed by atoms with Crippen molar-refractivity contribution < 1.29 is 9.47 Å². The number of morpholine rings is 1. The summed E-state index contributed by atoms with van der Waals surface area (Å²) in [6.07, 6.45) is 0.236. The molecule has 0 aliphatic carbocycles. The third kappa shape index (κ3) is 1.61. The minimum absolute atomic E-state index is 0.236. The van der Waals surface area contributed by atoms with Crippen LogP contribution in [0.15, 0.2) is 0 Å². The first kappa shape index (κ1) is 8.44. The number of hydrogen-bond acceptors (Lipinski definition) is 4. The van der Waals surface area contributed by atoms with Crippen LogP contribution in [0.25, 0.3) is 0 Å². The van der Waals surface area contributed by atoms with Gasteiger partial charge >= 0.3 is 0 Å². The molecule has 0 radical (unpaired) electrons. The van der Waals surface area contributed by atoms with Crippen LogP contribution in [0.5, 0.6) is 0 Å². The van der Waals surface area contributed by atoms with E-state index in [2.05, 4.69) is 4.90 Å². The molecule has 0 unspecified atom stereocenters. The van der Waals surface area contributed by atoms with E-state index in [-0.39, 0.29) is 6.10 Å². The number of nitrogens with two attached hydrogens (primary N) is 1. The first-order valence-electron chi connectivity index (χ1n) is 4.53. The molecule has 0 amide bonds. The predicted octanol–water partition coefficient (Wildman–Crippen LogP) is -0.955. The molecule has 4 nitrogen and oxygen atoms in total. The Kier molecular flexibility index (Phi) is 2.60. The van der Waals surface area contributed by atoms with Crippen molar-refractivity contribution in [1.82, 2.24) is 4.90 Å². The van der Waals surface area contributed by atoms with Crippen LogP contribution in [0.3, 0.4) is 0 Å². The standard InChI is InChI=1S/C8H16N2O2/c9-3-8-4-10(1-2-12-8)7-5-11-6-7/h7-8H,1-6,9H2/t8-/m1/s1. The van der Waals surface area contributed by atoms with Crippen LogP contribution in [0.2, 0.25) is 0 Å². The highest BCUT2D eigenvalue weighted by molar-refractivity contribution is 4.82. The zero-order chi connectivity index (χ0) is 8.39. The predicted molar refractivity (Wildman–Crippen MR) is 45.0 cm³/mol. The third-order valence-corrected chi connectivity index (χ3v) is 2.57. The molecule has 2 N–H and O–H groups in total. The van der Waals surface area contributed by atoms with Gasteiger partial charge in [-0.1, -0.05) is 0 Å². The summed E-state index contributed by atoms with van der Waals surface area (Å²) in [4.78, 5) is 2.42. The van der Waals surface area contributed by atoms with E-state index in [0.29, 0.717) is 12.6 Å². The van der Waals surface area contributed by atoms with Gasteiger partial charge in [-0.3, -0.25) is 4.90 Å². The van der Waals surface area contributed by atoms with Crippen LogP contribution in [-0.2, 0) is 9.47 Å². The Balaban J connectivity index is 1.81. The maximum atomic E-state index is 5.54. The highest BCUT2D eigenvalue weighted by Gasteiger charge is 2.30. The van der Waals surface area contributed by atoms with Crippen molar-refractivity contribution in [3.8, 4) is 0 Å². The van der Waals surface area contributed by atoms with Gasteiger partial charge in [0.1, 0.15) is 0 Å². The fraction of sp³-hybridized carbons (Fsp3) is 1.00. The summed E-state index contributed by atoms with van der Waals surface area (Å²) < 4.78 is 10.6. The Hall–Kier alpha value is -0.160. The SMILES string of the molecule is NC[C@@H]1CN(C2COC2)CCO1. The Morgan fingerprint density at radius 2 is 2.25 bits per heavy atom.